The van der Waals surface area contributed by atoms with Crippen LogP contribution in [-0.2, 0) is 14.2 Å². The summed E-state index contributed by atoms with van der Waals surface area (Å²) in [4.78, 5) is 0. The standard InChI is InChI=1S/C16H24O6/c17-9-10(18)6-7-11-3-1-4-13-16(21-11)14(19)15-12(22-13)5-2-8-20-15/h1,3,6-7,10-19H,2,4-5,8-9H2/b7-6+/t10-,11-,12-,13+,14+,15-,16+/m0/s1. The topological polar surface area (TPSA) is 88.4 Å². The van der Waals surface area contributed by atoms with Crippen molar-refractivity contribution in [1.82, 2.24) is 0 Å². The van der Waals surface area contributed by atoms with Crippen molar-refractivity contribution in [2.24, 2.45) is 0 Å². The van der Waals surface area contributed by atoms with Crippen LogP contribution in [0.5, 0.6) is 0 Å². The number of aliphatic hydroxyl groups is 3. The van der Waals surface area contributed by atoms with Gasteiger partial charge in [0.1, 0.15) is 18.3 Å². The summed E-state index contributed by atoms with van der Waals surface area (Å²) in [5, 5.41) is 28.8. The fraction of sp³-hybridized carbons (Fsp3) is 0.750. The van der Waals surface area contributed by atoms with E-state index < -0.39 is 18.3 Å². The molecular weight excluding hydrogens is 288 g/mol. The predicted molar refractivity (Wildman–Crippen MR) is 78.3 cm³/mol. The van der Waals surface area contributed by atoms with Crippen molar-refractivity contribution in [3.63, 3.8) is 0 Å². The second kappa shape index (κ2) is 7.21. The van der Waals surface area contributed by atoms with Crippen molar-refractivity contribution in [3.05, 3.63) is 24.3 Å². The molecule has 0 aliphatic carbocycles. The lowest BCUT2D eigenvalue weighted by Crippen LogP contribution is -2.60. The maximum Gasteiger partial charge on any atom is 0.114 e. The SMILES string of the molecule is OC[C@@H](O)/C=C/[C@@H]1C=CC[C@H]2O[C@H]3CCCO[C@@H]3[C@@H](O)[C@@H]2O1. The van der Waals surface area contributed by atoms with E-state index in [2.05, 4.69) is 0 Å². The first kappa shape index (κ1) is 16.1. The summed E-state index contributed by atoms with van der Waals surface area (Å²) in [5.41, 5.74) is 0. The van der Waals surface area contributed by atoms with Gasteiger partial charge in [0.2, 0.25) is 0 Å². The summed E-state index contributed by atoms with van der Waals surface area (Å²) in [6.07, 6.45) is 6.51. The summed E-state index contributed by atoms with van der Waals surface area (Å²) < 4.78 is 17.7. The minimum absolute atomic E-state index is 0.0645. The molecule has 124 valence electrons. The van der Waals surface area contributed by atoms with Crippen molar-refractivity contribution in [3.8, 4) is 0 Å². The van der Waals surface area contributed by atoms with Gasteiger partial charge >= 0.3 is 0 Å². The van der Waals surface area contributed by atoms with Gasteiger partial charge in [0.25, 0.3) is 0 Å². The molecule has 2 fully saturated rings. The van der Waals surface area contributed by atoms with Gasteiger partial charge in [-0.15, -0.1) is 0 Å². The Morgan fingerprint density at radius 2 is 2.09 bits per heavy atom. The highest BCUT2D eigenvalue weighted by molar-refractivity contribution is 5.10. The van der Waals surface area contributed by atoms with E-state index in [4.69, 9.17) is 19.3 Å². The Labute approximate surface area is 130 Å². The lowest BCUT2D eigenvalue weighted by molar-refractivity contribution is -0.259. The maximum absolute atomic E-state index is 10.6. The molecule has 22 heavy (non-hydrogen) atoms. The highest BCUT2D eigenvalue weighted by atomic mass is 16.6. The largest absolute Gasteiger partial charge is 0.393 e. The fourth-order valence-corrected chi connectivity index (χ4v) is 3.29. The minimum atomic E-state index is -0.908. The fourth-order valence-electron chi connectivity index (χ4n) is 3.29. The Bertz CT molecular complexity index is 423. The normalized spacial score (nSPS) is 43.4. The highest BCUT2D eigenvalue weighted by Gasteiger charge is 2.48. The van der Waals surface area contributed by atoms with Gasteiger partial charge in [-0.05, 0) is 19.3 Å². The van der Waals surface area contributed by atoms with Crippen LogP contribution in [0.4, 0.5) is 0 Å². The summed E-state index contributed by atoms with van der Waals surface area (Å²) >= 11 is 0. The van der Waals surface area contributed by atoms with Gasteiger partial charge in [0.05, 0.1) is 31.0 Å². The summed E-state index contributed by atoms with van der Waals surface area (Å²) in [5.74, 6) is 0. The first-order valence-corrected chi connectivity index (χ1v) is 7.93. The molecule has 3 aliphatic rings. The zero-order chi connectivity index (χ0) is 15.5. The monoisotopic (exact) mass is 312 g/mol. The van der Waals surface area contributed by atoms with Crippen molar-refractivity contribution in [2.45, 2.75) is 62.0 Å². The molecule has 3 aliphatic heterocycles. The van der Waals surface area contributed by atoms with E-state index in [1.807, 2.05) is 12.2 Å². The Kier molecular flexibility index (Phi) is 5.28. The summed E-state index contributed by atoms with van der Waals surface area (Å²) in [6, 6.07) is 0. The van der Waals surface area contributed by atoms with Crippen LogP contribution in [0.3, 0.4) is 0 Å². The van der Waals surface area contributed by atoms with Gasteiger partial charge in [-0.3, -0.25) is 0 Å². The molecule has 6 nitrogen and oxygen atoms in total. The molecule has 0 aromatic heterocycles. The number of aliphatic hydroxyl groups excluding tert-OH is 3. The van der Waals surface area contributed by atoms with Crippen LogP contribution in [0.15, 0.2) is 24.3 Å². The zero-order valence-corrected chi connectivity index (χ0v) is 12.5. The number of fused-ring (bicyclic) bond motifs is 2. The maximum atomic E-state index is 10.6. The summed E-state index contributed by atoms with van der Waals surface area (Å²) in [6.45, 7) is 0.311. The predicted octanol–water partition coefficient (Wildman–Crippen LogP) is -0.0832. The third-order valence-corrected chi connectivity index (χ3v) is 4.42. The zero-order valence-electron chi connectivity index (χ0n) is 12.5. The molecular formula is C16H24O6. The van der Waals surface area contributed by atoms with E-state index in [1.54, 1.807) is 6.08 Å². The average Bonchev–Trinajstić information content (AvgIpc) is 2.75. The van der Waals surface area contributed by atoms with Gasteiger partial charge in [0.15, 0.2) is 0 Å². The van der Waals surface area contributed by atoms with Crippen LogP contribution >= 0.6 is 0 Å². The molecule has 0 bridgehead atoms. The molecule has 0 amide bonds. The molecule has 0 radical (unpaired) electrons. The van der Waals surface area contributed by atoms with Crippen LogP contribution in [0.1, 0.15) is 19.3 Å². The average molecular weight is 312 g/mol. The smallest absolute Gasteiger partial charge is 0.114 e. The second-order valence-corrected chi connectivity index (χ2v) is 6.05. The van der Waals surface area contributed by atoms with E-state index >= 15 is 0 Å². The van der Waals surface area contributed by atoms with Crippen LogP contribution in [0, 0.1) is 0 Å². The first-order valence-electron chi connectivity index (χ1n) is 7.93. The Hall–Kier alpha value is -0.760. The molecule has 0 saturated carbocycles. The molecule has 6 heteroatoms. The second-order valence-electron chi connectivity index (χ2n) is 6.05. The lowest BCUT2D eigenvalue weighted by Gasteiger charge is -2.46. The van der Waals surface area contributed by atoms with Gasteiger partial charge in [0, 0.05) is 6.61 Å². The third-order valence-electron chi connectivity index (χ3n) is 4.42. The van der Waals surface area contributed by atoms with E-state index in [0.29, 0.717) is 13.0 Å². The Morgan fingerprint density at radius 3 is 2.91 bits per heavy atom. The van der Waals surface area contributed by atoms with E-state index in [1.165, 1.54) is 6.08 Å². The van der Waals surface area contributed by atoms with E-state index in [0.717, 1.165) is 12.8 Å². The van der Waals surface area contributed by atoms with Gasteiger partial charge in [-0.25, -0.2) is 0 Å². The van der Waals surface area contributed by atoms with Gasteiger partial charge in [-0.2, -0.15) is 0 Å². The molecule has 0 aromatic carbocycles. The Morgan fingerprint density at radius 1 is 1.23 bits per heavy atom. The van der Waals surface area contributed by atoms with Gasteiger partial charge in [-0.1, -0.05) is 24.3 Å². The van der Waals surface area contributed by atoms with Crippen molar-refractivity contribution in [1.29, 1.82) is 0 Å². The molecule has 0 aromatic rings. The molecule has 7 atom stereocenters. The number of hydrogen-bond donors (Lipinski definition) is 3. The third kappa shape index (κ3) is 3.42. The quantitative estimate of drug-likeness (QED) is 0.632. The molecule has 3 rings (SSSR count). The van der Waals surface area contributed by atoms with E-state index in [9.17, 15) is 10.2 Å². The number of hydrogen-bond acceptors (Lipinski definition) is 6. The van der Waals surface area contributed by atoms with Crippen molar-refractivity contribution < 1.29 is 29.5 Å². The number of rotatable bonds is 3. The molecule has 3 heterocycles. The van der Waals surface area contributed by atoms with Gasteiger partial charge < -0.3 is 29.5 Å². The van der Waals surface area contributed by atoms with Crippen LogP contribution < -0.4 is 0 Å². The minimum Gasteiger partial charge on any atom is -0.393 e. The lowest BCUT2D eigenvalue weighted by atomic mass is 9.90. The van der Waals surface area contributed by atoms with Crippen LogP contribution in [0.25, 0.3) is 0 Å². The molecule has 0 spiro atoms. The van der Waals surface area contributed by atoms with Crippen LogP contribution in [-0.4, -0.2) is 71.3 Å². The van der Waals surface area contributed by atoms with E-state index in [-0.39, 0.29) is 31.0 Å². The molecule has 3 N–H and O–H groups in total. The van der Waals surface area contributed by atoms with Crippen LogP contribution in [0.2, 0.25) is 0 Å². The molecule has 0 unspecified atom stereocenters. The first-order chi connectivity index (χ1) is 10.7. The van der Waals surface area contributed by atoms with Crippen molar-refractivity contribution >= 4 is 0 Å². The Balaban J connectivity index is 1.69. The highest BCUT2D eigenvalue weighted by Crippen LogP contribution is 2.34. The number of ether oxygens (including phenoxy) is 3. The summed E-state index contributed by atoms with van der Waals surface area (Å²) in [7, 11) is 0. The van der Waals surface area contributed by atoms with Crippen molar-refractivity contribution in [2.75, 3.05) is 13.2 Å². The molecule has 2 saturated heterocycles.